The summed E-state index contributed by atoms with van der Waals surface area (Å²) in [5, 5.41) is 5.05. The average Bonchev–Trinajstić information content (AvgIpc) is 2.31. The standard InChI is InChI=1S/C12H22N3O3.CH3.Y/c1-8(2)9(3)11(17)15-10(7-16)5-4-6-14-12(13)18;;/h8-10H,4-6H2,1-3H3,(H,15,17)(H3,13,14,18);1H3;/q2*-1;/t9-,10-;;/m0../s1. The maximum atomic E-state index is 11.7. The summed E-state index contributed by atoms with van der Waals surface area (Å²) in [6.07, 6.45) is 2.77. The fourth-order valence-electron chi connectivity index (χ4n) is 1.28. The van der Waals surface area contributed by atoms with Crippen molar-refractivity contribution in [1.29, 1.82) is 0 Å². The molecular weight excluding hydrogens is 335 g/mol. The molecule has 0 heterocycles. The van der Waals surface area contributed by atoms with Crippen molar-refractivity contribution in [2.24, 2.45) is 17.6 Å². The third kappa shape index (κ3) is 11.3. The van der Waals surface area contributed by atoms with Gasteiger partial charge in [-0.2, -0.15) is 0 Å². The first-order valence-electron chi connectivity index (χ1n) is 6.09. The normalized spacial score (nSPS) is 12.4. The van der Waals surface area contributed by atoms with Crippen LogP contribution in [0.5, 0.6) is 0 Å². The Labute approximate surface area is 146 Å². The summed E-state index contributed by atoms with van der Waals surface area (Å²) in [5.74, 6) is -0.0837. The zero-order valence-electron chi connectivity index (χ0n) is 12.7. The summed E-state index contributed by atoms with van der Waals surface area (Å²) in [4.78, 5) is 32.8. The predicted octanol–water partition coefficient (Wildman–Crippen LogP) is 0.769. The van der Waals surface area contributed by atoms with Crippen LogP contribution in [0.4, 0.5) is 4.79 Å². The van der Waals surface area contributed by atoms with Crippen LogP contribution in [0.25, 0.3) is 0 Å². The molecule has 0 aliphatic heterocycles. The van der Waals surface area contributed by atoms with Gasteiger partial charge in [0.25, 0.3) is 0 Å². The van der Waals surface area contributed by atoms with Crippen molar-refractivity contribution >= 4 is 18.2 Å². The van der Waals surface area contributed by atoms with Crippen molar-refractivity contribution in [2.45, 2.75) is 39.7 Å². The van der Waals surface area contributed by atoms with Crippen molar-refractivity contribution in [3.8, 4) is 0 Å². The maximum Gasteiger partial charge on any atom is 0.312 e. The number of nitrogens with one attached hydrogen (secondary N) is 2. The number of nitrogens with two attached hydrogens (primary N) is 1. The van der Waals surface area contributed by atoms with Gasteiger partial charge in [-0.05, 0) is 12.3 Å². The van der Waals surface area contributed by atoms with Crippen molar-refractivity contribution in [3.63, 3.8) is 0 Å². The van der Waals surface area contributed by atoms with Crippen LogP contribution in [0, 0.1) is 19.3 Å². The molecule has 0 aromatic heterocycles. The Hall–Kier alpha value is -0.486. The first-order chi connectivity index (χ1) is 8.38. The monoisotopic (exact) mass is 360 g/mol. The average molecular weight is 360 g/mol. The molecule has 3 amide bonds. The zero-order valence-corrected chi connectivity index (χ0v) is 15.6. The third-order valence-electron chi connectivity index (χ3n) is 2.84. The molecule has 0 saturated carbocycles. The molecule has 0 bridgehead atoms. The van der Waals surface area contributed by atoms with Crippen molar-refractivity contribution in [1.82, 2.24) is 10.6 Å². The van der Waals surface area contributed by atoms with Crippen LogP contribution in [-0.2, 0) is 42.3 Å². The molecule has 20 heavy (non-hydrogen) atoms. The van der Waals surface area contributed by atoms with E-state index in [9.17, 15) is 14.4 Å². The van der Waals surface area contributed by atoms with E-state index in [0.717, 1.165) is 0 Å². The second-order valence-electron chi connectivity index (χ2n) is 4.64. The fourth-order valence-corrected chi connectivity index (χ4v) is 1.28. The number of urea groups is 1. The Morgan fingerprint density at radius 3 is 2.20 bits per heavy atom. The summed E-state index contributed by atoms with van der Waals surface area (Å²) in [6, 6.07) is -1.23. The van der Waals surface area contributed by atoms with Crippen molar-refractivity contribution < 1.29 is 47.1 Å². The van der Waals surface area contributed by atoms with E-state index in [2.05, 4.69) is 10.6 Å². The molecular formula is C13H25N3O3Y-2. The molecule has 2 atom stereocenters. The summed E-state index contributed by atoms with van der Waals surface area (Å²) in [7, 11) is 0. The molecule has 0 saturated heterocycles. The second-order valence-corrected chi connectivity index (χ2v) is 4.64. The molecule has 115 valence electrons. The molecule has 6 nitrogen and oxygen atoms in total. The molecule has 0 aromatic rings. The minimum atomic E-state index is -0.631. The van der Waals surface area contributed by atoms with Crippen LogP contribution >= 0.6 is 0 Å². The number of primary amides is 1. The van der Waals surface area contributed by atoms with Crippen molar-refractivity contribution in [2.75, 3.05) is 6.54 Å². The quantitative estimate of drug-likeness (QED) is 0.440. The van der Waals surface area contributed by atoms with Gasteiger partial charge in [-0.3, -0.25) is 4.79 Å². The van der Waals surface area contributed by atoms with Crippen LogP contribution < -0.4 is 16.4 Å². The van der Waals surface area contributed by atoms with Gasteiger partial charge in [0.05, 0.1) is 0 Å². The molecule has 1 radical (unpaired) electrons. The smallest absolute Gasteiger partial charge is 0.312 e. The van der Waals surface area contributed by atoms with E-state index in [1.165, 1.54) is 0 Å². The molecule has 0 rings (SSSR count). The van der Waals surface area contributed by atoms with Gasteiger partial charge in [-0.1, -0.05) is 33.2 Å². The molecule has 0 aliphatic rings. The predicted molar refractivity (Wildman–Crippen MR) is 74.9 cm³/mol. The summed E-state index contributed by atoms with van der Waals surface area (Å²) in [6.45, 7) is 6.08. The van der Waals surface area contributed by atoms with E-state index < -0.39 is 12.1 Å². The van der Waals surface area contributed by atoms with E-state index in [1.54, 1.807) is 6.29 Å². The number of hydrogen-bond acceptors (Lipinski definition) is 3. The SMILES string of the molecule is CC(C)[C@H](C)C(=O)N[C@H]([C-]=O)CCCNC(N)=O.[CH3-].[Y]. The van der Waals surface area contributed by atoms with E-state index in [-0.39, 0.29) is 57.9 Å². The van der Waals surface area contributed by atoms with Gasteiger partial charge >= 0.3 is 6.03 Å². The Bertz CT molecular complexity index is 299. The number of hydrogen-bond donors (Lipinski definition) is 3. The van der Waals surface area contributed by atoms with Gasteiger partial charge in [0.1, 0.15) is 0 Å². The largest absolute Gasteiger partial charge is 0.540 e. The number of carbonyl (C=O) groups excluding carboxylic acids is 3. The van der Waals surface area contributed by atoms with E-state index >= 15 is 0 Å². The first kappa shape index (κ1) is 24.5. The second kappa shape index (κ2) is 13.5. The molecule has 0 fully saturated rings. The van der Waals surface area contributed by atoms with E-state index in [1.807, 2.05) is 20.8 Å². The molecule has 0 aromatic carbocycles. The third-order valence-corrected chi connectivity index (χ3v) is 2.84. The Kier molecular flexibility index (Phi) is 16.5. The summed E-state index contributed by atoms with van der Waals surface area (Å²) < 4.78 is 0. The van der Waals surface area contributed by atoms with Crippen LogP contribution in [0.2, 0.25) is 0 Å². The van der Waals surface area contributed by atoms with Crippen molar-refractivity contribution in [3.05, 3.63) is 7.43 Å². The van der Waals surface area contributed by atoms with E-state index in [0.29, 0.717) is 19.4 Å². The van der Waals surface area contributed by atoms with Crippen LogP contribution in [0.1, 0.15) is 33.6 Å². The van der Waals surface area contributed by atoms with Gasteiger partial charge in [0.2, 0.25) is 5.91 Å². The molecule has 4 N–H and O–H groups in total. The van der Waals surface area contributed by atoms with E-state index in [4.69, 9.17) is 5.73 Å². The number of rotatable bonds is 8. The summed E-state index contributed by atoms with van der Waals surface area (Å²) >= 11 is 0. The van der Waals surface area contributed by atoms with Gasteiger partial charge < -0.3 is 28.6 Å². The topological polar surface area (TPSA) is 101 Å². The Morgan fingerprint density at radius 2 is 1.80 bits per heavy atom. The zero-order chi connectivity index (χ0) is 14.1. The number of carbonyl (C=O) groups is 2. The van der Waals surface area contributed by atoms with Crippen LogP contribution in [0.3, 0.4) is 0 Å². The first-order valence-corrected chi connectivity index (χ1v) is 6.09. The molecule has 0 spiro atoms. The number of amides is 3. The van der Waals surface area contributed by atoms with Gasteiger partial charge in [-0.25, -0.2) is 11.1 Å². The van der Waals surface area contributed by atoms with Gasteiger partial charge in [0, 0.05) is 45.2 Å². The maximum absolute atomic E-state index is 11.7. The molecule has 0 aliphatic carbocycles. The van der Waals surface area contributed by atoms with Gasteiger partial charge in [-0.15, -0.1) is 0 Å². The van der Waals surface area contributed by atoms with Crippen LogP contribution in [-0.4, -0.2) is 30.8 Å². The minimum absolute atomic E-state index is 0. The molecule has 0 unspecified atom stereocenters. The van der Waals surface area contributed by atoms with Crippen LogP contribution in [0.15, 0.2) is 0 Å². The Morgan fingerprint density at radius 1 is 1.25 bits per heavy atom. The fraction of sp³-hybridized carbons (Fsp3) is 0.692. The Balaban J connectivity index is -0.00000144. The molecule has 7 heteroatoms. The minimum Gasteiger partial charge on any atom is -0.540 e. The summed E-state index contributed by atoms with van der Waals surface area (Å²) in [5.41, 5.74) is 4.90. The van der Waals surface area contributed by atoms with Gasteiger partial charge in [0.15, 0.2) is 0 Å².